The molecule has 0 radical (unpaired) electrons. The van der Waals surface area contributed by atoms with Gasteiger partial charge in [-0.25, -0.2) is 5.43 Å². The normalized spacial score (nSPS) is 10.2. The smallest absolute Gasteiger partial charge is 0.265 e. The van der Waals surface area contributed by atoms with Crippen molar-refractivity contribution in [2.75, 3.05) is 6.61 Å². The molecule has 0 aliphatic heterocycles. The minimum atomic E-state index is -0.565. The highest BCUT2D eigenvalue weighted by molar-refractivity contribution is 5.82. The monoisotopic (exact) mass is 179 g/mol. The van der Waals surface area contributed by atoms with E-state index in [2.05, 4.69) is 15.5 Å². The first-order valence-electron chi connectivity index (χ1n) is 3.65. The van der Waals surface area contributed by atoms with Crippen molar-refractivity contribution in [3.63, 3.8) is 0 Å². The number of carbonyl (C=O) groups is 1. The molecule has 0 aliphatic rings. The molecule has 0 bridgehead atoms. The van der Waals surface area contributed by atoms with Crippen molar-refractivity contribution in [3.8, 4) is 0 Å². The zero-order chi connectivity index (χ0) is 9.52. The minimum Gasteiger partial charge on any atom is -0.386 e. The van der Waals surface area contributed by atoms with Crippen LogP contribution in [0.15, 0.2) is 29.6 Å². The van der Waals surface area contributed by atoms with E-state index in [0.717, 1.165) is 5.56 Å². The second-order valence-corrected chi connectivity index (χ2v) is 2.24. The Morgan fingerprint density at radius 1 is 1.77 bits per heavy atom. The molecule has 0 atom stereocenters. The Balaban J connectivity index is 2.45. The molecule has 0 spiro atoms. The molecule has 0 aliphatic carbocycles. The van der Waals surface area contributed by atoms with Gasteiger partial charge in [-0.15, -0.1) is 0 Å². The van der Waals surface area contributed by atoms with E-state index in [1.807, 2.05) is 0 Å². The molecule has 5 heteroatoms. The Hall–Kier alpha value is -1.75. The summed E-state index contributed by atoms with van der Waals surface area (Å²) in [4.78, 5) is 14.4. The molecule has 1 amide bonds. The van der Waals surface area contributed by atoms with Crippen LogP contribution in [0.5, 0.6) is 0 Å². The summed E-state index contributed by atoms with van der Waals surface area (Å²) in [7, 11) is 0. The molecule has 2 N–H and O–H groups in total. The predicted molar refractivity (Wildman–Crippen MR) is 47.1 cm³/mol. The van der Waals surface area contributed by atoms with Gasteiger partial charge in [0.2, 0.25) is 0 Å². The van der Waals surface area contributed by atoms with Crippen LogP contribution in [0.3, 0.4) is 0 Å². The molecule has 0 saturated carbocycles. The van der Waals surface area contributed by atoms with Gasteiger partial charge in [0, 0.05) is 18.0 Å². The topological polar surface area (TPSA) is 74.6 Å². The summed E-state index contributed by atoms with van der Waals surface area (Å²) in [5.41, 5.74) is 2.91. The molecular formula is C8H9N3O2. The zero-order valence-corrected chi connectivity index (χ0v) is 6.84. The number of aliphatic hydroxyl groups excluding tert-OH is 1. The van der Waals surface area contributed by atoms with Crippen molar-refractivity contribution in [3.05, 3.63) is 30.1 Å². The first kappa shape index (κ1) is 9.34. The van der Waals surface area contributed by atoms with Gasteiger partial charge in [0.05, 0.1) is 6.21 Å². The van der Waals surface area contributed by atoms with Crippen LogP contribution in [0, 0.1) is 0 Å². The number of rotatable bonds is 3. The molecule has 0 fully saturated rings. The van der Waals surface area contributed by atoms with E-state index < -0.39 is 12.5 Å². The Bertz CT molecular complexity index is 298. The first-order valence-corrected chi connectivity index (χ1v) is 3.65. The Labute approximate surface area is 75.1 Å². The maximum atomic E-state index is 10.5. The number of aromatic nitrogens is 1. The van der Waals surface area contributed by atoms with Crippen molar-refractivity contribution >= 4 is 12.1 Å². The van der Waals surface area contributed by atoms with E-state index in [0.29, 0.717) is 0 Å². The largest absolute Gasteiger partial charge is 0.386 e. The van der Waals surface area contributed by atoms with Crippen molar-refractivity contribution in [1.29, 1.82) is 0 Å². The van der Waals surface area contributed by atoms with Gasteiger partial charge < -0.3 is 5.11 Å². The summed E-state index contributed by atoms with van der Waals surface area (Å²) in [6.45, 7) is -0.565. The standard InChI is InChI=1S/C8H9N3O2/c12-6-8(13)11-10-5-7-2-1-3-9-4-7/h1-5,12H,6H2,(H,11,13)/b10-5-. The number of hydrogen-bond acceptors (Lipinski definition) is 4. The highest BCUT2D eigenvalue weighted by atomic mass is 16.3. The average Bonchev–Trinajstić information content (AvgIpc) is 2.19. The fourth-order valence-electron chi connectivity index (χ4n) is 0.666. The van der Waals surface area contributed by atoms with Crippen LogP contribution in [0.25, 0.3) is 0 Å². The summed E-state index contributed by atoms with van der Waals surface area (Å²) in [5, 5.41) is 11.9. The molecule has 13 heavy (non-hydrogen) atoms. The lowest BCUT2D eigenvalue weighted by Crippen LogP contribution is -2.20. The molecular weight excluding hydrogens is 170 g/mol. The first-order chi connectivity index (χ1) is 6.33. The summed E-state index contributed by atoms with van der Waals surface area (Å²) >= 11 is 0. The number of hydrogen-bond donors (Lipinski definition) is 2. The second kappa shape index (κ2) is 5.00. The average molecular weight is 179 g/mol. The Morgan fingerprint density at radius 2 is 2.62 bits per heavy atom. The lowest BCUT2D eigenvalue weighted by atomic mass is 10.3. The fraction of sp³-hybridized carbons (Fsp3) is 0.125. The third kappa shape index (κ3) is 3.44. The third-order valence-electron chi connectivity index (χ3n) is 1.23. The van der Waals surface area contributed by atoms with Crippen LogP contribution < -0.4 is 5.43 Å². The van der Waals surface area contributed by atoms with Gasteiger partial charge in [-0.1, -0.05) is 6.07 Å². The van der Waals surface area contributed by atoms with E-state index >= 15 is 0 Å². The summed E-state index contributed by atoms with van der Waals surface area (Å²) < 4.78 is 0. The molecule has 1 heterocycles. The zero-order valence-electron chi connectivity index (χ0n) is 6.84. The van der Waals surface area contributed by atoms with Gasteiger partial charge in [-0.05, 0) is 6.07 Å². The van der Waals surface area contributed by atoms with Crippen LogP contribution in [-0.4, -0.2) is 28.8 Å². The van der Waals surface area contributed by atoms with E-state index in [1.54, 1.807) is 24.5 Å². The van der Waals surface area contributed by atoms with Crippen LogP contribution in [-0.2, 0) is 4.79 Å². The lowest BCUT2D eigenvalue weighted by molar-refractivity contribution is -0.123. The predicted octanol–water partition coefficient (Wildman–Crippen LogP) is -0.476. The quantitative estimate of drug-likeness (QED) is 0.486. The number of nitrogens with one attached hydrogen (secondary N) is 1. The third-order valence-corrected chi connectivity index (χ3v) is 1.23. The SMILES string of the molecule is O=C(CO)N/N=C\c1cccnc1. The molecule has 0 unspecified atom stereocenters. The number of amides is 1. The highest BCUT2D eigenvalue weighted by Crippen LogP contribution is 1.89. The van der Waals surface area contributed by atoms with Gasteiger partial charge in [0.25, 0.3) is 5.91 Å². The van der Waals surface area contributed by atoms with Crippen molar-refractivity contribution in [1.82, 2.24) is 10.4 Å². The number of pyridine rings is 1. The van der Waals surface area contributed by atoms with E-state index in [9.17, 15) is 4.79 Å². The van der Waals surface area contributed by atoms with Crippen LogP contribution >= 0.6 is 0 Å². The van der Waals surface area contributed by atoms with Crippen LogP contribution in [0.2, 0.25) is 0 Å². The fourth-order valence-corrected chi connectivity index (χ4v) is 0.666. The summed E-state index contributed by atoms with van der Waals surface area (Å²) in [6, 6.07) is 3.55. The van der Waals surface area contributed by atoms with Gasteiger partial charge in [0.15, 0.2) is 0 Å². The maximum absolute atomic E-state index is 10.5. The highest BCUT2D eigenvalue weighted by Gasteiger charge is 1.92. The van der Waals surface area contributed by atoms with Gasteiger partial charge in [0.1, 0.15) is 6.61 Å². The molecule has 5 nitrogen and oxygen atoms in total. The molecule has 1 rings (SSSR count). The van der Waals surface area contributed by atoms with Crippen molar-refractivity contribution < 1.29 is 9.90 Å². The van der Waals surface area contributed by atoms with Crippen molar-refractivity contribution in [2.45, 2.75) is 0 Å². The molecule has 0 aromatic carbocycles. The lowest BCUT2D eigenvalue weighted by Gasteiger charge is -1.93. The summed E-state index contributed by atoms with van der Waals surface area (Å²) in [5.74, 6) is -0.542. The van der Waals surface area contributed by atoms with Gasteiger partial charge in [-0.3, -0.25) is 9.78 Å². The van der Waals surface area contributed by atoms with Crippen LogP contribution in [0.1, 0.15) is 5.56 Å². The van der Waals surface area contributed by atoms with Gasteiger partial charge >= 0.3 is 0 Å². The molecule has 1 aromatic rings. The Kier molecular flexibility index (Phi) is 3.59. The van der Waals surface area contributed by atoms with E-state index in [-0.39, 0.29) is 0 Å². The maximum Gasteiger partial charge on any atom is 0.265 e. The Morgan fingerprint density at radius 3 is 3.23 bits per heavy atom. The van der Waals surface area contributed by atoms with E-state index in [4.69, 9.17) is 5.11 Å². The number of carbonyl (C=O) groups excluding carboxylic acids is 1. The molecule has 68 valence electrons. The summed E-state index contributed by atoms with van der Waals surface area (Å²) in [6.07, 6.45) is 4.69. The second-order valence-electron chi connectivity index (χ2n) is 2.24. The van der Waals surface area contributed by atoms with Crippen LogP contribution in [0.4, 0.5) is 0 Å². The molecule has 1 aromatic heterocycles. The van der Waals surface area contributed by atoms with Crippen molar-refractivity contribution in [2.24, 2.45) is 5.10 Å². The number of aliphatic hydroxyl groups is 1. The minimum absolute atomic E-state index is 0.542. The molecule has 0 saturated heterocycles. The van der Waals surface area contributed by atoms with E-state index in [1.165, 1.54) is 6.21 Å². The number of hydrazone groups is 1. The number of nitrogens with zero attached hydrogens (tertiary/aromatic N) is 2. The van der Waals surface area contributed by atoms with Gasteiger partial charge in [-0.2, -0.15) is 5.10 Å².